The predicted molar refractivity (Wildman–Crippen MR) is 56.3 cm³/mol. The molecule has 0 unspecified atom stereocenters. The fraction of sp³-hybridized carbons (Fsp3) is 0.0909. The number of furan rings is 2. The van der Waals surface area contributed by atoms with Crippen molar-refractivity contribution in [3.63, 3.8) is 0 Å². The Bertz CT molecular complexity index is 601. The van der Waals surface area contributed by atoms with E-state index in [4.69, 9.17) is 14.0 Å². The molecule has 3 aromatic rings. The third kappa shape index (κ3) is 1.07. The van der Waals surface area contributed by atoms with Gasteiger partial charge in [-0.3, -0.25) is 0 Å². The molecule has 82 valence electrons. The molecule has 3 N–H and O–H groups in total. The second kappa shape index (κ2) is 3.26. The molecular weight excluding hydrogens is 210 g/mol. The number of fused-ring (bicyclic) bond motifs is 2. The van der Waals surface area contributed by atoms with Gasteiger partial charge >= 0.3 is 0 Å². The zero-order valence-electron chi connectivity index (χ0n) is 8.23. The van der Waals surface area contributed by atoms with Crippen LogP contribution in [0.5, 0.6) is 5.75 Å². The summed E-state index contributed by atoms with van der Waals surface area (Å²) in [5, 5.41) is 20.0. The van der Waals surface area contributed by atoms with Crippen LogP contribution in [0.2, 0.25) is 0 Å². The molecule has 5 heteroatoms. The molecule has 0 radical (unpaired) electrons. The Hall–Kier alpha value is -1.98. The first-order valence-corrected chi connectivity index (χ1v) is 4.78. The number of phenols is 1. The molecular formula is C11H9NO4. The van der Waals surface area contributed by atoms with Gasteiger partial charge in [0.25, 0.3) is 0 Å². The standard InChI is InChI=1S/C11H9NO4/c13-9-7-2-4-15-10(7)8(5-12-14)6-1-3-16-11(6)9/h1-4,12-14H,5H2. The topological polar surface area (TPSA) is 78.8 Å². The highest BCUT2D eigenvalue weighted by Crippen LogP contribution is 2.38. The number of nitrogens with one attached hydrogen (secondary N) is 1. The van der Waals surface area contributed by atoms with Gasteiger partial charge in [-0.15, -0.1) is 0 Å². The number of aromatic hydroxyl groups is 1. The number of phenolic OH excluding ortho intramolecular Hbond substituents is 1. The summed E-state index contributed by atoms with van der Waals surface area (Å²) in [6.07, 6.45) is 2.98. The Balaban J connectivity index is 2.51. The molecule has 1 aromatic carbocycles. The van der Waals surface area contributed by atoms with Crippen LogP contribution in [0.15, 0.2) is 33.5 Å². The van der Waals surface area contributed by atoms with Gasteiger partial charge in [-0.05, 0) is 12.1 Å². The number of rotatable bonds is 2. The summed E-state index contributed by atoms with van der Waals surface area (Å²) in [4.78, 5) is 0. The average molecular weight is 219 g/mol. The van der Waals surface area contributed by atoms with E-state index in [2.05, 4.69) is 5.48 Å². The van der Waals surface area contributed by atoms with Crippen molar-refractivity contribution in [3.05, 3.63) is 30.2 Å². The summed E-state index contributed by atoms with van der Waals surface area (Å²) in [5.41, 5.74) is 3.79. The van der Waals surface area contributed by atoms with Crippen molar-refractivity contribution in [1.29, 1.82) is 0 Å². The third-order valence-electron chi connectivity index (χ3n) is 2.66. The highest BCUT2D eigenvalue weighted by atomic mass is 16.5. The Morgan fingerprint density at radius 3 is 2.50 bits per heavy atom. The molecule has 3 rings (SSSR count). The molecule has 0 fully saturated rings. The van der Waals surface area contributed by atoms with Crippen molar-refractivity contribution < 1.29 is 19.1 Å². The van der Waals surface area contributed by atoms with E-state index >= 15 is 0 Å². The number of hydrogen-bond donors (Lipinski definition) is 3. The van der Waals surface area contributed by atoms with Gasteiger partial charge in [0.15, 0.2) is 11.3 Å². The molecule has 0 atom stereocenters. The molecule has 0 aliphatic heterocycles. The van der Waals surface area contributed by atoms with Crippen LogP contribution >= 0.6 is 0 Å². The lowest BCUT2D eigenvalue weighted by molar-refractivity contribution is 0.161. The highest BCUT2D eigenvalue weighted by Gasteiger charge is 2.17. The SMILES string of the molecule is ONCc1c2ccoc2c(O)c2ccoc12. The maximum atomic E-state index is 9.94. The quantitative estimate of drug-likeness (QED) is 0.576. The van der Waals surface area contributed by atoms with Crippen LogP contribution in [0.3, 0.4) is 0 Å². The minimum Gasteiger partial charge on any atom is -0.504 e. The van der Waals surface area contributed by atoms with E-state index in [0.29, 0.717) is 16.6 Å². The summed E-state index contributed by atoms with van der Waals surface area (Å²) >= 11 is 0. The van der Waals surface area contributed by atoms with Crippen LogP contribution in [0.4, 0.5) is 0 Å². The molecule has 0 saturated carbocycles. The highest BCUT2D eigenvalue weighted by molar-refractivity contribution is 6.03. The van der Waals surface area contributed by atoms with Crippen molar-refractivity contribution in [2.24, 2.45) is 0 Å². The van der Waals surface area contributed by atoms with E-state index in [-0.39, 0.29) is 12.3 Å². The van der Waals surface area contributed by atoms with E-state index in [1.807, 2.05) is 0 Å². The van der Waals surface area contributed by atoms with Gasteiger partial charge in [0.1, 0.15) is 5.58 Å². The van der Waals surface area contributed by atoms with Crippen LogP contribution in [0.1, 0.15) is 5.56 Å². The van der Waals surface area contributed by atoms with Crippen molar-refractivity contribution >= 4 is 21.9 Å². The molecule has 0 aliphatic carbocycles. The average Bonchev–Trinajstić information content (AvgIpc) is 2.92. The number of hydrogen-bond acceptors (Lipinski definition) is 5. The van der Waals surface area contributed by atoms with E-state index in [9.17, 15) is 5.11 Å². The monoisotopic (exact) mass is 219 g/mol. The predicted octanol–water partition coefficient (Wildman–Crippen LogP) is 2.36. The fourth-order valence-corrected chi connectivity index (χ4v) is 1.96. The number of hydroxylamine groups is 1. The lowest BCUT2D eigenvalue weighted by atomic mass is 10.1. The molecule has 0 saturated heterocycles. The van der Waals surface area contributed by atoms with Gasteiger partial charge in [0, 0.05) is 10.9 Å². The van der Waals surface area contributed by atoms with Crippen molar-refractivity contribution in [2.45, 2.75) is 6.54 Å². The van der Waals surface area contributed by atoms with E-state index in [1.54, 1.807) is 12.1 Å². The summed E-state index contributed by atoms with van der Waals surface area (Å²) in [7, 11) is 0. The number of benzene rings is 1. The summed E-state index contributed by atoms with van der Waals surface area (Å²) in [5.74, 6) is 0.0606. The molecule has 0 bridgehead atoms. The van der Waals surface area contributed by atoms with Crippen LogP contribution in [0.25, 0.3) is 21.9 Å². The first-order valence-electron chi connectivity index (χ1n) is 4.78. The maximum absolute atomic E-state index is 9.94. The maximum Gasteiger partial charge on any atom is 0.176 e. The van der Waals surface area contributed by atoms with Crippen molar-refractivity contribution in [2.75, 3.05) is 0 Å². The molecule has 16 heavy (non-hydrogen) atoms. The van der Waals surface area contributed by atoms with Crippen molar-refractivity contribution in [3.8, 4) is 5.75 Å². The molecule has 2 heterocycles. The molecule has 0 amide bonds. The first kappa shape index (κ1) is 9.26. The first-order chi connectivity index (χ1) is 7.83. The van der Waals surface area contributed by atoms with Crippen LogP contribution in [0, 0.1) is 0 Å². The van der Waals surface area contributed by atoms with Gasteiger partial charge in [0.2, 0.25) is 0 Å². The Morgan fingerprint density at radius 2 is 1.75 bits per heavy atom. The Morgan fingerprint density at radius 1 is 1.06 bits per heavy atom. The lowest BCUT2D eigenvalue weighted by Gasteiger charge is -2.04. The summed E-state index contributed by atoms with van der Waals surface area (Å²) in [6, 6.07) is 3.39. The van der Waals surface area contributed by atoms with Crippen LogP contribution < -0.4 is 5.48 Å². The van der Waals surface area contributed by atoms with E-state index < -0.39 is 0 Å². The Kier molecular flexibility index (Phi) is 1.89. The summed E-state index contributed by atoms with van der Waals surface area (Å²) < 4.78 is 10.5. The minimum absolute atomic E-state index is 0.0606. The van der Waals surface area contributed by atoms with E-state index in [1.165, 1.54) is 12.5 Å². The zero-order valence-corrected chi connectivity index (χ0v) is 8.23. The molecule has 0 aliphatic rings. The molecule has 2 aromatic heterocycles. The largest absolute Gasteiger partial charge is 0.504 e. The molecule has 0 spiro atoms. The fourth-order valence-electron chi connectivity index (χ4n) is 1.96. The second-order valence-electron chi connectivity index (χ2n) is 3.49. The molecule has 5 nitrogen and oxygen atoms in total. The minimum atomic E-state index is 0.0606. The van der Waals surface area contributed by atoms with E-state index in [0.717, 1.165) is 10.9 Å². The Labute approximate surface area is 89.8 Å². The third-order valence-corrected chi connectivity index (χ3v) is 2.66. The smallest absolute Gasteiger partial charge is 0.176 e. The van der Waals surface area contributed by atoms with Gasteiger partial charge in [-0.25, -0.2) is 5.48 Å². The zero-order chi connectivity index (χ0) is 11.1. The van der Waals surface area contributed by atoms with Crippen LogP contribution in [-0.4, -0.2) is 10.3 Å². The van der Waals surface area contributed by atoms with Gasteiger partial charge < -0.3 is 19.1 Å². The normalized spacial score (nSPS) is 11.6. The van der Waals surface area contributed by atoms with Gasteiger partial charge in [-0.2, -0.15) is 0 Å². The lowest BCUT2D eigenvalue weighted by Crippen LogP contribution is -2.06. The van der Waals surface area contributed by atoms with Crippen LogP contribution in [-0.2, 0) is 6.54 Å². The van der Waals surface area contributed by atoms with Crippen molar-refractivity contribution in [1.82, 2.24) is 5.48 Å². The summed E-state index contributed by atoms with van der Waals surface area (Å²) in [6.45, 7) is 0.223. The van der Waals surface area contributed by atoms with Gasteiger partial charge in [-0.1, -0.05) is 0 Å². The second-order valence-corrected chi connectivity index (χ2v) is 3.49. The van der Waals surface area contributed by atoms with Gasteiger partial charge in [0.05, 0.1) is 24.5 Å².